The van der Waals surface area contributed by atoms with Gasteiger partial charge in [-0.2, -0.15) is 0 Å². The summed E-state index contributed by atoms with van der Waals surface area (Å²) in [7, 11) is 0. The predicted molar refractivity (Wildman–Crippen MR) is 89.1 cm³/mol. The van der Waals surface area contributed by atoms with Crippen molar-refractivity contribution in [1.82, 2.24) is 19.9 Å². The Morgan fingerprint density at radius 3 is 3.04 bits per heavy atom. The summed E-state index contributed by atoms with van der Waals surface area (Å²) in [6, 6.07) is 7.25. The van der Waals surface area contributed by atoms with E-state index in [1.54, 1.807) is 18.5 Å². The van der Waals surface area contributed by atoms with Crippen LogP contribution in [-0.4, -0.2) is 57.2 Å². The van der Waals surface area contributed by atoms with Gasteiger partial charge in [0.05, 0.1) is 18.8 Å². The van der Waals surface area contributed by atoms with Crippen LogP contribution in [0.1, 0.15) is 29.8 Å². The minimum atomic E-state index is -0.333. The molecule has 2 aliphatic heterocycles. The number of carbonyl (C=O) groups excluding carboxylic acids is 1. The molecule has 4 rings (SSSR count). The number of aromatic nitrogens is 3. The molecule has 2 atom stereocenters. The lowest BCUT2D eigenvalue weighted by atomic mass is 9.89. The quantitative estimate of drug-likeness (QED) is 0.847. The Balaban J connectivity index is 1.42. The molecular weight excluding hydrogens is 320 g/mol. The molecule has 2 aromatic rings. The zero-order chi connectivity index (χ0) is 17.1. The van der Waals surface area contributed by atoms with Crippen molar-refractivity contribution in [2.45, 2.75) is 31.0 Å². The number of likely N-dealkylation sites (tertiary alicyclic amines) is 1. The van der Waals surface area contributed by atoms with Gasteiger partial charge in [-0.1, -0.05) is 6.07 Å². The molecule has 2 fully saturated rings. The van der Waals surface area contributed by atoms with Crippen molar-refractivity contribution in [2.75, 3.05) is 19.7 Å². The average Bonchev–Trinajstić information content (AvgIpc) is 3.04. The van der Waals surface area contributed by atoms with Gasteiger partial charge >= 0.3 is 0 Å². The lowest BCUT2D eigenvalue weighted by molar-refractivity contribution is -0.0454. The van der Waals surface area contributed by atoms with Gasteiger partial charge in [0.1, 0.15) is 18.1 Å². The summed E-state index contributed by atoms with van der Waals surface area (Å²) in [4.78, 5) is 26.6. The third-order valence-electron chi connectivity index (χ3n) is 4.73. The Morgan fingerprint density at radius 1 is 1.28 bits per heavy atom. The molecule has 0 aromatic carbocycles. The summed E-state index contributed by atoms with van der Waals surface area (Å²) < 4.78 is 12.0. The number of carbonyl (C=O) groups is 1. The van der Waals surface area contributed by atoms with Crippen molar-refractivity contribution in [3.8, 4) is 5.88 Å². The van der Waals surface area contributed by atoms with Gasteiger partial charge in [-0.05, 0) is 25.0 Å². The van der Waals surface area contributed by atoms with E-state index in [1.807, 2.05) is 23.1 Å². The first-order chi connectivity index (χ1) is 12.2. The lowest BCUT2D eigenvalue weighted by Gasteiger charge is -2.39. The molecule has 0 radical (unpaired) electrons. The Kier molecular flexibility index (Phi) is 4.31. The molecule has 130 valence electrons. The number of hydrogen-bond donors (Lipinski definition) is 0. The maximum Gasteiger partial charge on any atom is 0.272 e. The number of rotatable bonds is 3. The maximum absolute atomic E-state index is 12.7. The minimum absolute atomic E-state index is 0.0380. The molecule has 25 heavy (non-hydrogen) atoms. The minimum Gasteiger partial charge on any atom is -0.472 e. The van der Waals surface area contributed by atoms with Crippen LogP contribution in [0.3, 0.4) is 0 Å². The monoisotopic (exact) mass is 340 g/mol. The van der Waals surface area contributed by atoms with E-state index in [4.69, 9.17) is 9.47 Å². The van der Waals surface area contributed by atoms with Crippen molar-refractivity contribution in [1.29, 1.82) is 0 Å². The molecule has 1 amide bonds. The molecule has 2 aromatic heterocycles. The Hall–Kier alpha value is -2.54. The molecule has 0 aliphatic carbocycles. The predicted octanol–water partition coefficient (Wildman–Crippen LogP) is 1.71. The number of ether oxygens (including phenoxy) is 2. The van der Waals surface area contributed by atoms with Gasteiger partial charge in [0.15, 0.2) is 0 Å². The largest absolute Gasteiger partial charge is 0.472 e. The first-order valence-corrected chi connectivity index (χ1v) is 8.51. The number of piperidine rings is 1. The van der Waals surface area contributed by atoms with Crippen molar-refractivity contribution < 1.29 is 14.3 Å². The highest BCUT2D eigenvalue weighted by atomic mass is 16.6. The van der Waals surface area contributed by atoms with Crippen LogP contribution in [0.5, 0.6) is 5.88 Å². The van der Waals surface area contributed by atoms with E-state index in [0.717, 1.165) is 25.8 Å². The van der Waals surface area contributed by atoms with E-state index in [9.17, 15) is 4.79 Å². The second kappa shape index (κ2) is 6.76. The summed E-state index contributed by atoms with van der Waals surface area (Å²) in [5, 5.41) is 0. The van der Waals surface area contributed by atoms with Crippen molar-refractivity contribution in [3.05, 3.63) is 48.7 Å². The highest BCUT2D eigenvalue weighted by Crippen LogP contribution is 2.36. The van der Waals surface area contributed by atoms with Gasteiger partial charge in [0.2, 0.25) is 5.88 Å². The van der Waals surface area contributed by atoms with Crippen LogP contribution < -0.4 is 4.74 Å². The summed E-state index contributed by atoms with van der Waals surface area (Å²) >= 11 is 0. The number of nitrogens with zero attached hydrogens (tertiary/aromatic N) is 4. The molecule has 0 saturated carbocycles. The Morgan fingerprint density at radius 2 is 2.24 bits per heavy atom. The second-order valence-corrected chi connectivity index (χ2v) is 6.53. The molecule has 0 unspecified atom stereocenters. The first kappa shape index (κ1) is 16.0. The zero-order valence-corrected chi connectivity index (χ0v) is 13.9. The third kappa shape index (κ3) is 3.46. The summed E-state index contributed by atoms with van der Waals surface area (Å²) in [6.45, 7) is 1.81. The van der Waals surface area contributed by atoms with Gasteiger partial charge < -0.3 is 14.4 Å². The van der Waals surface area contributed by atoms with Crippen molar-refractivity contribution in [3.63, 3.8) is 0 Å². The summed E-state index contributed by atoms with van der Waals surface area (Å²) in [5.74, 6) is 0.539. The Labute approximate surface area is 146 Å². The molecule has 2 aliphatic rings. The van der Waals surface area contributed by atoms with Crippen LogP contribution >= 0.6 is 0 Å². The standard InChI is InChI=1S/C18H20N4O3/c23-17(15-5-8-19-13-21-15)22-9-3-6-18(12-22)10-14(11-24-18)25-16-4-1-2-7-20-16/h1-2,4-5,7-8,13-14H,3,6,9-12H2/t14-,18-/m0/s1. The fourth-order valence-electron chi connectivity index (χ4n) is 3.60. The normalized spacial score (nSPS) is 25.9. The van der Waals surface area contributed by atoms with E-state index in [1.165, 1.54) is 6.33 Å². The Bertz CT molecular complexity index is 728. The molecule has 7 heteroatoms. The smallest absolute Gasteiger partial charge is 0.272 e. The SMILES string of the molecule is O=C(c1ccncn1)N1CCC[C@]2(C[C@H](Oc3ccccn3)CO2)C1. The fraction of sp³-hybridized carbons (Fsp3) is 0.444. The zero-order valence-electron chi connectivity index (χ0n) is 13.9. The highest BCUT2D eigenvalue weighted by Gasteiger charge is 2.45. The topological polar surface area (TPSA) is 77.4 Å². The highest BCUT2D eigenvalue weighted by molar-refractivity contribution is 5.92. The van der Waals surface area contributed by atoms with Crippen LogP contribution in [-0.2, 0) is 4.74 Å². The number of hydrogen-bond acceptors (Lipinski definition) is 6. The summed E-state index contributed by atoms with van der Waals surface area (Å²) in [6.07, 6.45) is 7.26. The van der Waals surface area contributed by atoms with E-state index in [2.05, 4.69) is 15.0 Å². The maximum atomic E-state index is 12.7. The molecule has 4 heterocycles. The molecule has 2 saturated heterocycles. The molecular formula is C18H20N4O3. The molecule has 1 spiro atoms. The van der Waals surface area contributed by atoms with Gasteiger partial charge in [0, 0.05) is 31.4 Å². The van der Waals surface area contributed by atoms with E-state index >= 15 is 0 Å². The van der Waals surface area contributed by atoms with Gasteiger partial charge in [0.25, 0.3) is 5.91 Å². The van der Waals surface area contributed by atoms with Crippen molar-refractivity contribution >= 4 is 5.91 Å². The molecule has 7 nitrogen and oxygen atoms in total. The van der Waals surface area contributed by atoms with E-state index < -0.39 is 0 Å². The van der Waals surface area contributed by atoms with Crippen LogP contribution in [0, 0.1) is 0 Å². The fourth-order valence-corrected chi connectivity index (χ4v) is 3.60. The molecule has 0 N–H and O–H groups in total. The van der Waals surface area contributed by atoms with E-state index in [-0.39, 0.29) is 17.6 Å². The molecule has 0 bridgehead atoms. The van der Waals surface area contributed by atoms with Gasteiger partial charge in [-0.15, -0.1) is 0 Å². The average molecular weight is 340 g/mol. The van der Waals surface area contributed by atoms with Crippen LogP contribution in [0.15, 0.2) is 43.0 Å². The van der Waals surface area contributed by atoms with Gasteiger partial charge in [-0.3, -0.25) is 4.79 Å². The number of pyridine rings is 1. The van der Waals surface area contributed by atoms with Crippen molar-refractivity contribution in [2.24, 2.45) is 0 Å². The van der Waals surface area contributed by atoms with E-state index in [0.29, 0.717) is 24.7 Å². The third-order valence-corrected chi connectivity index (χ3v) is 4.73. The lowest BCUT2D eigenvalue weighted by Crippen LogP contribution is -2.50. The second-order valence-electron chi connectivity index (χ2n) is 6.53. The number of amides is 1. The van der Waals surface area contributed by atoms with Gasteiger partial charge in [-0.25, -0.2) is 15.0 Å². The summed E-state index contributed by atoms with van der Waals surface area (Å²) in [5.41, 5.74) is 0.0896. The van der Waals surface area contributed by atoms with Crippen LogP contribution in [0.25, 0.3) is 0 Å². The van der Waals surface area contributed by atoms with Crippen LogP contribution in [0.4, 0.5) is 0 Å². The first-order valence-electron chi connectivity index (χ1n) is 8.51. The van der Waals surface area contributed by atoms with Crippen LogP contribution in [0.2, 0.25) is 0 Å².